The zero-order valence-corrected chi connectivity index (χ0v) is 15.2. The summed E-state index contributed by atoms with van der Waals surface area (Å²) in [6.07, 6.45) is 4.43. The number of H-pyrrole nitrogens is 1. The Balaban J connectivity index is 1.38. The summed E-state index contributed by atoms with van der Waals surface area (Å²) in [5.41, 5.74) is 5.94. The van der Waals surface area contributed by atoms with Gasteiger partial charge in [-0.25, -0.2) is 0 Å². The number of aryl methyl sites for hydroxylation is 2. The topological polar surface area (TPSA) is 57.3 Å². The van der Waals surface area contributed by atoms with Crippen LogP contribution in [0.4, 0.5) is 5.69 Å². The zero-order chi connectivity index (χ0) is 17.9. The second-order valence-electron chi connectivity index (χ2n) is 7.04. The van der Waals surface area contributed by atoms with Gasteiger partial charge in [-0.15, -0.1) is 0 Å². The summed E-state index contributed by atoms with van der Waals surface area (Å²) in [5.74, 6) is 0.890. The third kappa shape index (κ3) is 3.42. The van der Waals surface area contributed by atoms with Crippen LogP contribution >= 0.6 is 0 Å². The Morgan fingerprint density at radius 2 is 2.00 bits per heavy atom. The number of para-hydroxylation sites is 1. The van der Waals surface area contributed by atoms with E-state index in [9.17, 15) is 5.11 Å². The highest BCUT2D eigenvalue weighted by molar-refractivity contribution is 5.86. The van der Waals surface area contributed by atoms with Crippen LogP contribution in [0.5, 0.6) is 5.75 Å². The Kier molecular flexibility index (Phi) is 4.85. The Morgan fingerprint density at radius 3 is 2.88 bits per heavy atom. The summed E-state index contributed by atoms with van der Waals surface area (Å²) in [5, 5.41) is 14.5. The number of rotatable bonds is 6. The van der Waals surface area contributed by atoms with Gasteiger partial charge >= 0.3 is 0 Å². The van der Waals surface area contributed by atoms with Gasteiger partial charge in [0.25, 0.3) is 0 Å². The fraction of sp³-hybridized carbons (Fsp3) is 0.364. The Hall–Kier alpha value is -2.46. The van der Waals surface area contributed by atoms with Crippen LogP contribution < -0.4 is 10.1 Å². The number of benzene rings is 2. The predicted molar refractivity (Wildman–Crippen MR) is 106 cm³/mol. The number of fused-ring (bicyclic) bond motifs is 3. The van der Waals surface area contributed by atoms with Crippen LogP contribution in [0.3, 0.4) is 0 Å². The molecular weight excluding hydrogens is 324 g/mol. The minimum atomic E-state index is -0.485. The number of nitrogens with one attached hydrogen (secondary N) is 2. The van der Waals surface area contributed by atoms with Crippen molar-refractivity contribution in [1.29, 1.82) is 0 Å². The normalized spacial score (nSPS) is 14.8. The van der Waals surface area contributed by atoms with E-state index in [2.05, 4.69) is 28.5 Å². The highest BCUT2D eigenvalue weighted by atomic mass is 16.5. The highest BCUT2D eigenvalue weighted by Gasteiger charge is 2.15. The number of anilines is 1. The van der Waals surface area contributed by atoms with Gasteiger partial charge in [-0.2, -0.15) is 0 Å². The van der Waals surface area contributed by atoms with Gasteiger partial charge in [0.1, 0.15) is 12.4 Å². The number of aromatic amines is 1. The minimum absolute atomic E-state index is 0.485. The molecule has 2 aromatic carbocycles. The van der Waals surface area contributed by atoms with Crippen molar-refractivity contribution < 1.29 is 9.84 Å². The average molecular weight is 350 g/mol. The van der Waals surface area contributed by atoms with Crippen LogP contribution in [0.15, 0.2) is 42.5 Å². The maximum atomic E-state index is 9.83. The molecule has 1 aliphatic carbocycles. The summed E-state index contributed by atoms with van der Waals surface area (Å²) in [6.45, 7) is 3.03. The second kappa shape index (κ2) is 7.42. The van der Waals surface area contributed by atoms with E-state index in [0.29, 0.717) is 13.2 Å². The molecule has 0 spiro atoms. The second-order valence-corrected chi connectivity index (χ2v) is 7.04. The number of aliphatic hydroxyl groups excluding tert-OH is 1. The fourth-order valence-electron chi connectivity index (χ4n) is 3.86. The molecule has 0 bridgehead atoms. The third-order valence-corrected chi connectivity index (χ3v) is 5.17. The first kappa shape index (κ1) is 17.0. The molecule has 0 amide bonds. The molecule has 0 unspecified atom stereocenters. The Labute approximate surface area is 154 Å². The molecule has 0 fully saturated rings. The van der Waals surface area contributed by atoms with Gasteiger partial charge in [0.15, 0.2) is 0 Å². The molecule has 1 aliphatic rings. The van der Waals surface area contributed by atoms with Gasteiger partial charge in [-0.05, 0) is 56.4 Å². The molecule has 136 valence electrons. The number of aromatic nitrogens is 1. The third-order valence-electron chi connectivity index (χ3n) is 5.17. The first-order valence-electron chi connectivity index (χ1n) is 9.49. The van der Waals surface area contributed by atoms with Crippen LogP contribution in [0.25, 0.3) is 10.9 Å². The van der Waals surface area contributed by atoms with Crippen molar-refractivity contribution in [3.8, 4) is 5.75 Å². The molecule has 1 heterocycles. The summed E-state index contributed by atoms with van der Waals surface area (Å²) >= 11 is 0. The van der Waals surface area contributed by atoms with Crippen LogP contribution in [0.1, 0.15) is 42.7 Å². The molecule has 0 saturated heterocycles. The number of ether oxygens (including phenoxy) is 1. The van der Waals surface area contributed by atoms with Gasteiger partial charge in [0, 0.05) is 40.5 Å². The lowest BCUT2D eigenvalue weighted by Gasteiger charge is -2.14. The molecular formula is C22H26N2O2. The molecule has 3 aromatic rings. The van der Waals surface area contributed by atoms with Crippen molar-refractivity contribution >= 4 is 16.6 Å². The molecule has 0 aliphatic heterocycles. The molecule has 4 heteroatoms. The van der Waals surface area contributed by atoms with Crippen molar-refractivity contribution in [2.45, 2.75) is 38.7 Å². The fourth-order valence-corrected chi connectivity index (χ4v) is 3.86. The van der Waals surface area contributed by atoms with E-state index < -0.39 is 6.10 Å². The van der Waals surface area contributed by atoms with E-state index in [0.717, 1.165) is 23.4 Å². The summed E-state index contributed by atoms with van der Waals surface area (Å²) in [7, 11) is 0. The van der Waals surface area contributed by atoms with Crippen molar-refractivity contribution in [2.24, 2.45) is 0 Å². The van der Waals surface area contributed by atoms with Crippen LogP contribution in [-0.4, -0.2) is 23.2 Å². The van der Waals surface area contributed by atoms with Crippen molar-refractivity contribution in [2.75, 3.05) is 18.5 Å². The van der Waals surface area contributed by atoms with Crippen molar-refractivity contribution in [3.63, 3.8) is 0 Å². The summed E-state index contributed by atoms with van der Waals surface area (Å²) in [6, 6.07) is 14.2. The first-order valence-corrected chi connectivity index (χ1v) is 9.49. The lowest BCUT2D eigenvalue weighted by atomic mass is 9.96. The van der Waals surface area contributed by atoms with Gasteiger partial charge in [-0.1, -0.05) is 18.2 Å². The maximum Gasteiger partial charge on any atom is 0.121 e. The molecule has 3 N–H and O–H groups in total. The van der Waals surface area contributed by atoms with E-state index >= 15 is 0 Å². The van der Waals surface area contributed by atoms with Crippen LogP contribution in [0, 0.1) is 0 Å². The Bertz CT molecular complexity index is 898. The van der Waals surface area contributed by atoms with Gasteiger partial charge in [0.2, 0.25) is 0 Å². The molecule has 4 rings (SSSR count). The largest absolute Gasteiger partial charge is 0.492 e. The molecule has 0 radical (unpaired) electrons. The van der Waals surface area contributed by atoms with Crippen molar-refractivity contribution in [3.05, 3.63) is 59.3 Å². The summed E-state index contributed by atoms with van der Waals surface area (Å²) in [4.78, 5) is 3.57. The number of hydrogen-bond donors (Lipinski definition) is 3. The van der Waals surface area contributed by atoms with Gasteiger partial charge < -0.3 is 20.1 Å². The van der Waals surface area contributed by atoms with E-state index in [1.54, 1.807) is 6.92 Å². The Morgan fingerprint density at radius 1 is 1.15 bits per heavy atom. The number of aliphatic hydroxyl groups is 1. The number of hydrogen-bond acceptors (Lipinski definition) is 3. The standard InChI is InChI=1S/C22H26N2O2/c1-15(25)17-6-2-4-8-20(17)23-12-13-26-16-10-11-19-18-7-3-5-9-21(18)24-22(19)14-16/h2,4,6,8,10-11,14-15,23-25H,3,5,7,9,12-13H2,1H3/t15-/m1/s1. The smallest absolute Gasteiger partial charge is 0.121 e. The molecule has 4 nitrogen and oxygen atoms in total. The lowest BCUT2D eigenvalue weighted by molar-refractivity contribution is 0.200. The lowest BCUT2D eigenvalue weighted by Crippen LogP contribution is -2.13. The predicted octanol–water partition coefficient (Wildman–Crippen LogP) is 4.59. The van der Waals surface area contributed by atoms with E-state index in [1.807, 2.05) is 24.3 Å². The maximum absolute atomic E-state index is 9.83. The van der Waals surface area contributed by atoms with E-state index in [4.69, 9.17) is 4.74 Å². The van der Waals surface area contributed by atoms with E-state index in [1.165, 1.54) is 41.4 Å². The monoisotopic (exact) mass is 350 g/mol. The van der Waals surface area contributed by atoms with Gasteiger partial charge in [0.05, 0.1) is 6.10 Å². The summed E-state index contributed by atoms with van der Waals surface area (Å²) < 4.78 is 5.92. The molecule has 1 atom stereocenters. The van der Waals surface area contributed by atoms with Crippen LogP contribution in [0.2, 0.25) is 0 Å². The van der Waals surface area contributed by atoms with Crippen molar-refractivity contribution in [1.82, 2.24) is 4.98 Å². The minimum Gasteiger partial charge on any atom is -0.492 e. The molecule has 0 saturated carbocycles. The molecule has 26 heavy (non-hydrogen) atoms. The SMILES string of the molecule is C[C@@H](O)c1ccccc1NCCOc1ccc2c3c([nH]c2c1)CCCC3. The van der Waals surface area contributed by atoms with Crippen LogP contribution in [-0.2, 0) is 12.8 Å². The average Bonchev–Trinajstić information content (AvgIpc) is 3.03. The zero-order valence-electron chi connectivity index (χ0n) is 15.2. The quantitative estimate of drug-likeness (QED) is 0.570. The van der Waals surface area contributed by atoms with E-state index in [-0.39, 0.29) is 0 Å². The van der Waals surface area contributed by atoms with Gasteiger partial charge in [-0.3, -0.25) is 0 Å². The first-order chi connectivity index (χ1) is 12.7. The highest BCUT2D eigenvalue weighted by Crippen LogP contribution is 2.31. The molecule has 1 aromatic heterocycles.